The molecule has 0 saturated carbocycles. The van der Waals surface area contributed by atoms with Gasteiger partial charge in [-0.3, -0.25) is 0 Å². The highest BCUT2D eigenvalue weighted by Crippen LogP contribution is 2.35. The normalized spacial score (nSPS) is 11.2. The number of nitrogens with zero attached hydrogens (tertiary/aromatic N) is 1. The zero-order chi connectivity index (χ0) is 22.8. The van der Waals surface area contributed by atoms with Gasteiger partial charge in [-0.05, 0) is 87.2 Å². The first-order valence-corrected chi connectivity index (χ1v) is 10.9. The summed E-state index contributed by atoms with van der Waals surface area (Å²) >= 11 is 0. The van der Waals surface area contributed by atoms with Crippen LogP contribution in [0.3, 0.4) is 0 Å². The van der Waals surface area contributed by atoms with E-state index >= 15 is 0 Å². The van der Waals surface area contributed by atoms with Crippen molar-refractivity contribution in [2.24, 2.45) is 0 Å². The number of benzene rings is 3. The van der Waals surface area contributed by atoms with Crippen LogP contribution in [0.15, 0.2) is 54.6 Å². The van der Waals surface area contributed by atoms with Gasteiger partial charge < -0.3 is 15.4 Å². The van der Waals surface area contributed by atoms with Crippen LogP contribution >= 0.6 is 0 Å². The number of carbonyl (C=O) groups is 1. The summed E-state index contributed by atoms with van der Waals surface area (Å²) in [5, 5.41) is 8.52. The number of fused-ring (bicyclic) bond motifs is 2. The third kappa shape index (κ3) is 4.67. The highest BCUT2D eigenvalue weighted by Gasteiger charge is 2.12. The van der Waals surface area contributed by atoms with Crippen LogP contribution in [-0.2, 0) is 11.3 Å². The number of aromatic nitrogens is 1. The number of carbonyl (C=O) groups excluding carboxylic acids is 1. The zero-order valence-corrected chi connectivity index (χ0v) is 19.2. The Morgan fingerprint density at radius 3 is 2.47 bits per heavy atom. The minimum atomic E-state index is -0.411. The number of amides is 1. The second kappa shape index (κ2) is 8.87. The Morgan fingerprint density at radius 1 is 0.938 bits per heavy atom. The van der Waals surface area contributed by atoms with E-state index in [0.29, 0.717) is 0 Å². The van der Waals surface area contributed by atoms with Crippen molar-refractivity contribution in [1.29, 1.82) is 0 Å². The van der Waals surface area contributed by atoms with E-state index in [1.165, 1.54) is 16.7 Å². The van der Waals surface area contributed by atoms with Crippen LogP contribution in [0.5, 0.6) is 0 Å². The van der Waals surface area contributed by atoms with Crippen LogP contribution < -0.4 is 10.6 Å². The number of alkyl carbamates (subject to hydrolysis) is 1. The maximum absolute atomic E-state index is 11.8. The monoisotopic (exact) mass is 427 g/mol. The van der Waals surface area contributed by atoms with Crippen LogP contribution in [0.1, 0.15) is 36.1 Å². The van der Waals surface area contributed by atoms with Crippen LogP contribution in [0.25, 0.3) is 21.8 Å². The fraction of sp³-hybridized carbons (Fsp3) is 0.259. The minimum Gasteiger partial charge on any atom is -0.445 e. The molecule has 32 heavy (non-hydrogen) atoms. The summed E-state index contributed by atoms with van der Waals surface area (Å²) in [6.45, 7) is 10.3. The van der Waals surface area contributed by atoms with Crippen molar-refractivity contribution in [3.8, 4) is 0 Å². The van der Waals surface area contributed by atoms with Crippen molar-refractivity contribution in [2.75, 3.05) is 5.32 Å². The van der Waals surface area contributed by atoms with Crippen LogP contribution in [0.4, 0.5) is 16.2 Å². The third-order valence-electron chi connectivity index (χ3n) is 5.52. The molecule has 2 N–H and O–H groups in total. The lowest BCUT2D eigenvalue weighted by molar-refractivity contribution is 0.137. The fourth-order valence-corrected chi connectivity index (χ4v) is 3.76. The largest absolute Gasteiger partial charge is 0.445 e. The van der Waals surface area contributed by atoms with Crippen molar-refractivity contribution in [3.63, 3.8) is 0 Å². The zero-order valence-electron chi connectivity index (χ0n) is 19.2. The molecule has 0 spiro atoms. The molecule has 0 fully saturated rings. The predicted molar refractivity (Wildman–Crippen MR) is 132 cm³/mol. The number of hydrogen-bond acceptors (Lipinski definition) is 4. The summed E-state index contributed by atoms with van der Waals surface area (Å²) in [7, 11) is 0. The van der Waals surface area contributed by atoms with Crippen LogP contribution in [-0.4, -0.2) is 17.1 Å². The van der Waals surface area contributed by atoms with Gasteiger partial charge in [-0.15, -0.1) is 0 Å². The first kappa shape index (κ1) is 21.6. The van der Waals surface area contributed by atoms with Gasteiger partial charge in [0.05, 0.1) is 16.7 Å². The Kier molecular flexibility index (Phi) is 5.99. The lowest BCUT2D eigenvalue weighted by Crippen LogP contribution is -2.30. The molecule has 1 heterocycles. The molecule has 0 radical (unpaired) electrons. The van der Waals surface area contributed by atoms with E-state index in [2.05, 4.69) is 61.7 Å². The summed E-state index contributed by atoms with van der Waals surface area (Å²) in [5.41, 5.74) is 8.45. The first-order valence-electron chi connectivity index (χ1n) is 10.9. The molecule has 0 aliphatic heterocycles. The molecule has 0 aliphatic carbocycles. The summed E-state index contributed by atoms with van der Waals surface area (Å²) in [6.07, 6.45) is -0.411. The van der Waals surface area contributed by atoms with E-state index in [1.54, 1.807) is 0 Å². The van der Waals surface area contributed by atoms with Gasteiger partial charge in [0.1, 0.15) is 6.61 Å². The van der Waals surface area contributed by atoms with Crippen molar-refractivity contribution in [2.45, 2.75) is 47.3 Å². The molecule has 0 saturated heterocycles. The molecular formula is C27H29N3O2. The van der Waals surface area contributed by atoms with Gasteiger partial charge in [0.15, 0.2) is 0 Å². The fourth-order valence-electron chi connectivity index (χ4n) is 3.76. The van der Waals surface area contributed by atoms with E-state index in [4.69, 9.17) is 9.72 Å². The quantitative estimate of drug-likeness (QED) is 0.348. The molecule has 5 nitrogen and oxygen atoms in total. The Bertz CT molecular complexity index is 1310. The van der Waals surface area contributed by atoms with Gasteiger partial charge in [-0.2, -0.15) is 0 Å². The topological polar surface area (TPSA) is 63.2 Å². The summed E-state index contributed by atoms with van der Waals surface area (Å²) < 4.78 is 5.34. The molecule has 3 aromatic carbocycles. The second-order valence-corrected chi connectivity index (χ2v) is 8.66. The van der Waals surface area contributed by atoms with Crippen LogP contribution in [0, 0.1) is 20.8 Å². The average Bonchev–Trinajstić information content (AvgIpc) is 2.73. The van der Waals surface area contributed by atoms with E-state index in [1.807, 2.05) is 38.1 Å². The molecule has 4 aromatic rings. The number of hydrogen-bond donors (Lipinski definition) is 2. The number of nitrogens with one attached hydrogen (secondary N) is 2. The molecule has 4 rings (SSSR count). The van der Waals surface area contributed by atoms with Crippen LogP contribution in [0.2, 0.25) is 0 Å². The molecule has 1 aromatic heterocycles. The lowest BCUT2D eigenvalue weighted by Gasteiger charge is -2.16. The average molecular weight is 428 g/mol. The van der Waals surface area contributed by atoms with Gasteiger partial charge >= 0.3 is 6.09 Å². The van der Waals surface area contributed by atoms with Gasteiger partial charge in [0, 0.05) is 22.5 Å². The van der Waals surface area contributed by atoms with E-state index in [9.17, 15) is 4.79 Å². The molecule has 0 bridgehead atoms. The molecule has 0 aliphatic rings. The number of rotatable bonds is 5. The summed E-state index contributed by atoms with van der Waals surface area (Å²) in [5.74, 6) is 0. The maximum Gasteiger partial charge on any atom is 0.407 e. The first-order chi connectivity index (χ1) is 15.3. The summed E-state index contributed by atoms with van der Waals surface area (Å²) in [6, 6.07) is 18.7. The van der Waals surface area contributed by atoms with Gasteiger partial charge in [-0.25, -0.2) is 9.78 Å². The predicted octanol–water partition coefficient (Wildman–Crippen LogP) is 6.69. The highest BCUT2D eigenvalue weighted by molar-refractivity contribution is 6.09. The smallest absolute Gasteiger partial charge is 0.407 e. The number of ether oxygens (including phenoxy) is 1. The van der Waals surface area contributed by atoms with E-state index in [0.717, 1.165) is 38.7 Å². The number of aryl methyl sites for hydroxylation is 3. The lowest BCUT2D eigenvalue weighted by atomic mass is 10.0. The molecule has 1 amide bonds. The number of pyridine rings is 1. The van der Waals surface area contributed by atoms with Crippen molar-refractivity contribution >= 4 is 39.3 Å². The molecule has 0 unspecified atom stereocenters. The Labute approximate surface area is 188 Å². The van der Waals surface area contributed by atoms with Gasteiger partial charge in [0.25, 0.3) is 0 Å². The molecule has 164 valence electrons. The maximum atomic E-state index is 11.8. The molecule has 0 atom stereocenters. The van der Waals surface area contributed by atoms with Gasteiger partial charge in [0.2, 0.25) is 0 Å². The Balaban J connectivity index is 1.72. The third-order valence-corrected chi connectivity index (χ3v) is 5.52. The highest BCUT2D eigenvalue weighted by atomic mass is 16.5. The Hall–Kier alpha value is -3.60. The number of anilines is 2. The minimum absolute atomic E-state index is 0.0412. The van der Waals surface area contributed by atoms with E-state index in [-0.39, 0.29) is 12.6 Å². The van der Waals surface area contributed by atoms with E-state index < -0.39 is 6.09 Å². The second-order valence-electron chi connectivity index (χ2n) is 8.66. The molecular weight excluding hydrogens is 398 g/mol. The van der Waals surface area contributed by atoms with Crippen molar-refractivity contribution in [1.82, 2.24) is 10.3 Å². The standard InChI is InChI=1S/C27H29N3O2/c1-16(2)28-27(31)32-15-20-7-6-8-21(14-20)29-26-22-10-9-17(3)11-24(22)30-25-13-19(5)18(4)12-23(25)26/h6-14,16H,15H2,1-5H3,(H,28,31)(H,29,30). The Morgan fingerprint density at radius 2 is 1.69 bits per heavy atom. The molecule has 5 heteroatoms. The SMILES string of the molecule is Cc1ccc2c(Nc3cccc(COC(=O)NC(C)C)c3)c3cc(C)c(C)cc3nc2c1. The van der Waals surface area contributed by atoms with Crippen molar-refractivity contribution < 1.29 is 9.53 Å². The van der Waals surface area contributed by atoms with Crippen molar-refractivity contribution in [3.05, 3.63) is 76.9 Å². The van der Waals surface area contributed by atoms with Gasteiger partial charge in [-0.1, -0.05) is 24.3 Å². The summed E-state index contributed by atoms with van der Waals surface area (Å²) in [4.78, 5) is 16.8.